The summed E-state index contributed by atoms with van der Waals surface area (Å²) in [6.45, 7) is 1.38. The van der Waals surface area contributed by atoms with Crippen LogP contribution < -0.4 is 0 Å². The maximum Gasteiger partial charge on any atom is 0.233 e. The third-order valence-electron chi connectivity index (χ3n) is 4.63. The van der Waals surface area contributed by atoms with Crippen molar-refractivity contribution in [2.24, 2.45) is 0 Å². The molecule has 1 amide bonds. The van der Waals surface area contributed by atoms with E-state index in [1.807, 2.05) is 51.9 Å². The van der Waals surface area contributed by atoms with Crippen LogP contribution >= 0.6 is 23.4 Å². The minimum Gasteiger partial charge on any atom is -0.338 e. The molecule has 2 heterocycles. The summed E-state index contributed by atoms with van der Waals surface area (Å²) < 4.78 is 1.84. The first-order chi connectivity index (χ1) is 13.7. The van der Waals surface area contributed by atoms with Crippen LogP contribution in [0.25, 0.3) is 11.3 Å². The summed E-state index contributed by atoms with van der Waals surface area (Å²) >= 11 is 7.46. The Balaban J connectivity index is 1.37. The van der Waals surface area contributed by atoms with Gasteiger partial charge in [0.25, 0.3) is 0 Å². The average molecular weight is 411 g/mol. The predicted molar refractivity (Wildman–Crippen MR) is 113 cm³/mol. The molecule has 2 aromatic carbocycles. The first-order valence-electron chi connectivity index (χ1n) is 9.02. The molecule has 7 heteroatoms. The highest BCUT2D eigenvalue weighted by molar-refractivity contribution is 7.99. The highest BCUT2D eigenvalue weighted by Gasteiger charge is 2.19. The Morgan fingerprint density at radius 1 is 1.14 bits per heavy atom. The number of hydrogen-bond donors (Lipinski definition) is 0. The van der Waals surface area contributed by atoms with Gasteiger partial charge in [-0.2, -0.15) is 0 Å². The van der Waals surface area contributed by atoms with Crippen LogP contribution in [0.15, 0.2) is 72.2 Å². The van der Waals surface area contributed by atoms with E-state index in [9.17, 15) is 4.79 Å². The molecule has 0 bridgehead atoms. The number of rotatable bonds is 5. The highest BCUT2D eigenvalue weighted by atomic mass is 35.5. The molecule has 1 aliphatic heterocycles. The first kappa shape index (κ1) is 18.8. The third-order valence-corrected chi connectivity index (χ3v) is 5.80. The predicted octanol–water partition coefficient (Wildman–Crippen LogP) is 4.33. The molecule has 0 radical (unpaired) electrons. The molecule has 1 aromatic heterocycles. The summed E-state index contributed by atoms with van der Waals surface area (Å²) in [5.74, 6) is 0.433. The van der Waals surface area contributed by atoms with Crippen LogP contribution in [-0.2, 0) is 4.79 Å². The molecule has 1 aliphatic rings. The lowest BCUT2D eigenvalue weighted by atomic mass is 10.00. The van der Waals surface area contributed by atoms with Gasteiger partial charge in [0, 0.05) is 18.1 Å². The van der Waals surface area contributed by atoms with E-state index in [0.29, 0.717) is 22.5 Å². The lowest BCUT2D eigenvalue weighted by Crippen LogP contribution is -2.35. The Morgan fingerprint density at radius 3 is 2.75 bits per heavy atom. The van der Waals surface area contributed by atoms with Crippen LogP contribution in [-0.4, -0.2) is 44.4 Å². The van der Waals surface area contributed by atoms with E-state index >= 15 is 0 Å². The van der Waals surface area contributed by atoms with Gasteiger partial charge in [-0.05, 0) is 35.8 Å². The van der Waals surface area contributed by atoms with Crippen molar-refractivity contribution in [3.63, 3.8) is 0 Å². The maximum absolute atomic E-state index is 12.6. The standard InChI is InChI=1S/C21H19ClN4OS/c22-18-7-4-8-19(13-18)26-15-23-24-21(26)28-14-20(27)25-11-9-17(10-12-25)16-5-2-1-3-6-16/h1-9,13,15H,10-12,14H2. The van der Waals surface area contributed by atoms with E-state index in [1.165, 1.54) is 22.9 Å². The molecule has 0 spiro atoms. The number of nitrogens with zero attached hydrogens (tertiary/aromatic N) is 4. The second-order valence-corrected chi connectivity index (χ2v) is 7.82. The lowest BCUT2D eigenvalue weighted by Gasteiger charge is -2.26. The fraction of sp³-hybridized carbons (Fsp3) is 0.190. The average Bonchev–Trinajstić information content (AvgIpc) is 3.21. The van der Waals surface area contributed by atoms with Crippen molar-refractivity contribution < 1.29 is 4.79 Å². The van der Waals surface area contributed by atoms with Crippen molar-refractivity contribution >= 4 is 34.8 Å². The Bertz CT molecular complexity index is 1000. The smallest absolute Gasteiger partial charge is 0.233 e. The quantitative estimate of drug-likeness (QED) is 0.587. The van der Waals surface area contributed by atoms with E-state index in [-0.39, 0.29) is 5.91 Å². The van der Waals surface area contributed by atoms with E-state index < -0.39 is 0 Å². The molecule has 0 saturated heterocycles. The fourth-order valence-electron chi connectivity index (χ4n) is 3.15. The van der Waals surface area contributed by atoms with Crippen LogP contribution in [0.5, 0.6) is 0 Å². The van der Waals surface area contributed by atoms with Crippen molar-refractivity contribution in [1.82, 2.24) is 19.7 Å². The number of thioether (sulfide) groups is 1. The molecule has 0 unspecified atom stereocenters. The van der Waals surface area contributed by atoms with Gasteiger partial charge in [-0.3, -0.25) is 9.36 Å². The van der Waals surface area contributed by atoms with Crippen molar-refractivity contribution in [2.75, 3.05) is 18.8 Å². The minimum absolute atomic E-state index is 0.106. The second kappa shape index (κ2) is 8.63. The Morgan fingerprint density at radius 2 is 2.00 bits per heavy atom. The Hall–Kier alpha value is -2.57. The Kier molecular flexibility index (Phi) is 5.78. The van der Waals surface area contributed by atoms with Gasteiger partial charge in [0.1, 0.15) is 6.33 Å². The molecule has 0 atom stereocenters. The zero-order chi connectivity index (χ0) is 19.3. The Labute approximate surface area is 173 Å². The molecule has 0 fully saturated rings. The monoisotopic (exact) mass is 410 g/mol. The van der Waals surface area contributed by atoms with Gasteiger partial charge in [0.05, 0.1) is 11.4 Å². The summed E-state index contributed by atoms with van der Waals surface area (Å²) in [4.78, 5) is 14.5. The zero-order valence-corrected chi connectivity index (χ0v) is 16.7. The summed E-state index contributed by atoms with van der Waals surface area (Å²) in [5.41, 5.74) is 3.41. The largest absolute Gasteiger partial charge is 0.338 e. The van der Waals surface area contributed by atoms with Crippen molar-refractivity contribution in [2.45, 2.75) is 11.6 Å². The topological polar surface area (TPSA) is 51.0 Å². The van der Waals surface area contributed by atoms with Gasteiger partial charge < -0.3 is 4.90 Å². The molecule has 3 aromatic rings. The van der Waals surface area contributed by atoms with E-state index in [2.05, 4.69) is 28.4 Å². The van der Waals surface area contributed by atoms with Gasteiger partial charge in [0.2, 0.25) is 5.91 Å². The number of aromatic nitrogens is 3. The molecule has 0 saturated carbocycles. The molecule has 28 heavy (non-hydrogen) atoms. The molecular weight excluding hydrogens is 392 g/mol. The van der Waals surface area contributed by atoms with Gasteiger partial charge in [0.15, 0.2) is 5.16 Å². The van der Waals surface area contributed by atoms with Gasteiger partial charge in [-0.1, -0.05) is 65.8 Å². The highest BCUT2D eigenvalue weighted by Crippen LogP contribution is 2.24. The van der Waals surface area contributed by atoms with Gasteiger partial charge in [-0.25, -0.2) is 0 Å². The number of benzene rings is 2. The van der Waals surface area contributed by atoms with Crippen LogP contribution in [0, 0.1) is 0 Å². The third kappa shape index (κ3) is 4.29. The number of hydrogen-bond acceptors (Lipinski definition) is 4. The van der Waals surface area contributed by atoms with E-state index in [1.54, 1.807) is 6.33 Å². The van der Waals surface area contributed by atoms with Gasteiger partial charge in [-0.15, -0.1) is 10.2 Å². The van der Waals surface area contributed by atoms with Crippen LogP contribution in [0.4, 0.5) is 0 Å². The maximum atomic E-state index is 12.6. The molecule has 5 nitrogen and oxygen atoms in total. The summed E-state index contributed by atoms with van der Waals surface area (Å²) in [5, 5.41) is 9.44. The summed E-state index contributed by atoms with van der Waals surface area (Å²) in [6, 6.07) is 17.8. The van der Waals surface area contributed by atoms with E-state index in [0.717, 1.165) is 18.7 Å². The lowest BCUT2D eigenvalue weighted by molar-refractivity contribution is -0.127. The molecular formula is C21H19ClN4OS. The van der Waals surface area contributed by atoms with Crippen molar-refractivity contribution in [3.8, 4) is 5.69 Å². The number of carbonyl (C=O) groups excluding carboxylic acids is 1. The van der Waals surface area contributed by atoms with Crippen LogP contribution in [0.3, 0.4) is 0 Å². The van der Waals surface area contributed by atoms with Crippen molar-refractivity contribution in [1.29, 1.82) is 0 Å². The normalized spacial score (nSPS) is 14.0. The molecule has 0 N–H and O–H groups in total. The fourth-order valence-corrected chi connectivity index (χ4v) is 4.17. The SMILES string of the molecule is O=C(CSc1nncn1-c1cccc(Cl)c1)N1CC=C(c2ccccc2)CC1. The van der Waals surface area contributed by atoms with Gasteiger partial charge >= 0.3 is 0 Å². The summed E-state index contributed by atoms with van der Waals surface area (Å²) in [6.07, 6.45) is 4.66. The second-order valence-electron chi connectivity index (χ2n) is 6.44. The van der Waals surface area contributed by atoms with Crippen LogP contribution in [0.2, 0.25) is 5.02 Å². The molecule has 4 rings (SSSR count). The number of amides is 1. The number of halogens is 1. The van der Waals surface area contributed by atoms with E-state index in [4.69, 9.17) is 11.6 Å². The molecule has 0 aliphatic carbocycles. The summed E-state index contributed by atoms with van der Waals surface area (Å²) in [7, 11) is 0. The molecule has 142 valence electrons. The van der Waals surface area contributed by atoms with Crippen LogP contribution in [0.1, 0.15) is 12.0 Å². The number of carbonyl (C=O) groups is 1. The zero-order valence-electron chi connectivity index (χ0n) is 15.2. The minimum atomic E-state index is 0.106. The first-order valence-corrected chi connectivity index (χ1v) is 10.4. The van der Waals surface area contributed by atoms with Crippen molar-refractivity contribution in [3.05, 3.63) is 77.6 Å².